The standard InChI is InChI=1S/C15H17ClFNO/c1-2-18-13(8-11-6-7-19-10-11)9-12-4-3-5-14(16)15(12)17/h3-7,10,13,18H,2,8-9H2,1H3. The Morgan fingerprint density at radius 1 is 1.32 bits per heavy atom. The van der Waals surface area contributed by atoms with Gasteiger partial charge in [0.2, 0.25) is 0 Å². The van der Waals surface area contributed by atoms with Gasteiger partial charge in [0.05, 0.1) is 17.5 Å². The highest BCUT2D eigenvalue weighted by Crippen LogP contribution is 2.20. The lowest BCUT2D eigenvalue weighted by Crippen LogP contribution is -2.33. The van der Waals surface area contributed by atoms with E-state index >= 15 is 0 Å². The highest BCUT2D eigenvalue weighted by molar-refractivity contribution is 6.30. The van der Waals surface area contributed by atoms with Gasteiger partial charge in [0.15, 0.2) is 0 Å². The van der Waals surface area contributed by atoms with Crippen LogP contribution in [0.4, 0.5) is 4.39 Å². The fraction of sp³-hybridized carbons (Fsp3) is 0.333. The summed E-state index contributed by atoms with van der Waals surface area (Å²) in [4.78, 5) is 0. The molecule has 0 aliphatic rings. The van der Waals surface area contributed by atoms with Crippen LogP contribution in [0.3, 0.4) is 0 Å². The van der Waals surface area contributed by atoms with Crippen molar-refractivity contribution in [2.45, 2.75) is 25.8 Å². The minimum atomic E-state index is -0.320. The third-order valence-electron chi connectivity index (χ3n) is 3.05. The lowest BCUT2D eigenvalue weighted by atomic mass is 10.00. The molecule has 0 fully saturated rings. The maximum atomic E-state index is 13.9. The first-order valence-corrected chi connectivity index (χ1v) is 6.75. The molecule has 0 spiro atoms. The van der Waals surface area contributed by atoms with Crippen molar-refractivity contribution in [2.24, 2.45) is 0 Å². The fourth-order valence-corrected chi connectivity index (χ4v) is 2.36. The van der Waals surface area contributed by atoms with Crippen LogP contribution in [0, 0.1) is 5.82 Å². The smallest absolute Gasteiger partial charge is 0.145 e. The molecule has 0 aliphatic heterocycles. The lowest BCUT2D eigenvalue weighted by Gasteiger charge is -2.17. The molecule has 1 N–H and O–H groups in total. The Morgan fingerprint density at radius 2 is 2.16 bits per heavy atom. The molecule has 0 radical (unpaired) electrons. The first-order chi connectivity index (χ1) is 9.20. The molecule has 1 aromatic heterocycles. The first-order valence-electron chi connectivity index (χ1n) is 6.38. The van der Waals surface area contributed by atoms with Gasteiger partial charge in [-0.2, -0.15) is 0 Å². The van der Waals surface area contributed by atoms with E-state index in [1.807, 2.05) is 13.0 Å². The van der Waals surface area contributed by atoms with Crippen molar-refractivity contribution in [3.63, 3.8) is 0 Å². The van der Waals surface area contributed by atoms with Crippen molar-refractivity contribution in [1.29, 1.82) is 0 Å². The highest BCUT2D eigenvalue weighted by atomic mass is 35.5. The molecule has 1 atom stereocenters. The average molecular weight is 282 g/mol. The number of hydrogen-bond acceptors (Lipinski definition) is 2. The van der Waals surface area contributed by atoms with Crippen LogP contribution in [0.25, 0.3) is 0 Å². The largest absolute Gasteiger partial charge is 0.472 e. The predicted octanol–water partition coefficient (Wildman–Crippen LogP) is 3.84. The van der Waals surface area contributed by atoms with E-state index in [1.165, 1.54) is 0 Å². The second-order valence-electron chi connectivity index (χ2n) is 4.51. The van der Waals surface area contributed by atoms with E-state index in [1.54, 1.807) is 30.7 Å². The lowest BCUT2D eigenvalue weighted by molar-refractivity contribution is 0.501. The summed E-state index contributed by atoms with van der Waals surface area (Å²) >= 11 is 5.81. The zero-order chi connectivity index (χ0) is 13.7. The summed E-state index contributed by atoms with van der Waals surface area (Å²) < 4.78 is 19.0. The molecule has 1 heterocycles. The predicted molar refractivity (Wildman–Crippen MR) is 75.0 cm³/mol. The Bertz CT molecular complexity index is 513. The van der Waals surface area contributed by atoms with Gasteiger partial charge in [-0.05, 0) is 42.6 Å². The number of rotatable bonds is 6. The van der Waals surface area contributed by atoms with Gasteiger partial charge in [0.25, 0.3) is 0 Å². The van der Waals surface area contributed by atoms with Crippen molar-refractivity contribution in [3.8, 4) is 0 Å². The summed E-state index contributed by atoms with van der Waals surface area (Å²) in [6.07, 6.45) is 4.78. The van der Waals surface area contributed by atoms with E-state index < -0.39 is 0 Å². The topological polar surface area (TPSA) is 25.2 Å². The molecule has 1 unspecified atom stereocenters. The molecule has 19 heavy (non-hydrogen) atoms. The molecule has 0 saturated carbocycles. The number of likely N-dealkylation sites (N-methyl/N-ethyl adjacent to an activating group) is 1. The molecule has 0 saturated heterocycles. The van der Waals surface area contributed by atoms with Crippen LogP contribution in [-0.2, 0) is 12.8 Å². The van der Waals surface area contributed by atoms with E-state index in [-0.39, 0.29) is 16.9 Å². The molecule has 2 aromatic rings. The highest BCUT2D eigenvalue weighted by Gasteiger charge is 2.14. The molecule has 4 heteroatoms. The van der Waals surface area contributed by atoms with Crippen LogP contribution in [0.2, 0.25) is 5.02 Å². The third-order valence-corrected chi connectivity index (χ3v) is 3.34. The zero-order valence-electron chi connectivity index (χ0n) is 10.8. The average Bonchev–Trinajstić information content (AvgIpc) is 2.88. The summed E-state index contributed by atoms with van der Waals surface area (Å²) in [7, 11) is 0. The fourth-order valence-electron chi connectivity index (χ4n) is 2.17. The van der Waals surface area contributed by atoms with E-state index in [4.69, 9.17) is 16.0 Å². The van der Waals surface area contributed by atoms with Gasteiger partial charge in [-0.15, -0.1) is 0 Å². The van der Waals surface area contributed by atoms with Gasteiger partial charge in [0.1, 0.15) is 5.82 Å². The van der Waals surface area contributed by atoms with E-state index in [0.717, 1.165) is 18.5 Å². The Labute approximate surface area is 117 Å². The van der Waals surface area contributed by atoms with Crippen molar-refractivity contribution >= 4 is 11.6 Å². The molecule has 1 aromatic carbocycles. The van der Waals surface area contributed by atoms with E-state index in [2.05, 4.69) is 5.32 Å². The summed E-state index contributed by atoms with van der Waals surface area (Å²) in [5.74, 6) is -0.320. The van der Waals surface area contributed by atoms with Gasteiger partial charge >= 0.3 is 0 Å². The van der Waals surface area contributed by atoms with Gasteiger partial charge in [0, 0.05) is 6.04 Å². The third kappa shape index (κ3) is 3.82. The van der Waals surface area contributed by atoms with Crippen LogP contribution in [0.15, 0.2) is 41.2 Å². The van der Waals surface area contributed by atoms with Gasteiger partial charge in [-0.1, -0.05) is 30.7 Å². The van der Waals surface area contributed by atoms with Gasteiger partial charge in [-0.3, -0.25) is 0 Å². The Balaban J connectivity index is 2.09. The molecular weight excluding hydrogens is 265 g/mol. The summed E-state index contributed by atoms with van der Waals surface area (Å²) in [5, 5.41) is 3.54. The summed E-state index contributed by atoms with van der Waals surface area (Å²) in [6, 6.07) is 7.22. The minimum absolute atomic E-state index is 0.163. The molecule has 0 amide bonds. The molecule has 0 aliphatic carbocycles. The maximum Gasteiger partial charge on any atom is 0.145 e. The number of nitrogens with one attached hydrogen (secondary N) is 1. The molecule has 102 valence electrons. The van der Waals surface area contributed by atoms with Gasteiger partial charge in [-0.25, -0.2) is 4.39 Å². The normalized spacial score (nSPS) is 12.6. The minimum Gasteiger partial charge on any atom is -0.472 e. The van der Waals surface area contributed by atoms with Crippen LogP contribution >= 0.6 is 11.6 Å². The number of hydrogen-bond donors (Lipinski definition) is 1. The Hall–Kier alpha value is -1.32. The Kier molecular flexibility index (Phi) is 5.00. The summed E-state index contributed by atoms with van der Waals surface area (Å²) in [5.41, 5.74) is 1.75. The summed E-state index contributed by atoms with van der Waals surface area (Å²) in [6.45, 7) is 2.88. The number of halogens is 2. The van der Waals surface area contributed by atoms with Crippen molar-refractivity contribution in [1.82, 2.24) is 5.32 Å². The van der Waals surface area contributed by atoms with Crippen molar-refractivity contribution in [3.05, 3.63) is 58.8 Å². The molecule has 2 rings (SSSR count). The quantitative estimate of drug-likeness (QED) is 0.870. The second-order valence-corrected chi connectivity index (χ2v) is 4.91. The SMILES string of the molecule is CCNC(Cc1ccoc1)Cc1cccc(Cl)c1F. The van der Waals surface area contributed by atoms with Crippen LogP contribution < -0.4 is 5.32 Å². The second kappa shape index (κ2) is 6.73. The van der Waals surface area contributed by atoms with Crippen LogP contribution in [-0.4, -0.2) is 12.6 Å². The monoisotopic (exact) mass is 281 g/mol. The van der Waals surface area contributed by atoms with Crippen LogP contribution in [0.5, 0.6) is 0 Å². The molecule has 2 nitrogen and oxygen atoms in total. The molecular formula is C15H17ClFNO. The van der Waals surface area contributed by atoms with Crippen LogP contribution in [0.1, 0.15) is 18.1 Å². The zero-order valence-corrected chi connectivity index (χ0v) is 11.6. The van der Waals surface area contributed by atoms with Crippen molar-refractivity contribution < 1.29 is 8.81 Å². The van der Waals surface area contributed by atoms with E-state index in [0.29, 0.717) is 12.0 Å². The number of benzene rings is 1. The van der Waals surface area contributed by atoms with Crippen molar-refractivity contribution in [2.75, 3.05) is 6.54 Å². The maximum absolute atomic E-state index is 13.9. The van der Waals surface area contributed by atoms with E-state index in [9.17, 15) is 4.39 Å². The Morgan fingerprint density at radius 3 is 2.84 bits per heavy atom. The number of furan rings is 1. The van der Waals surface area contributed by atoms with Gasteiger partial charge < -0.3 is 9.73 Å². The molecule has 0 bridgehead atoms. The first kappa shape index (κ1) is 14.1.